The van der Waals surface area contributed by atoms with Gasteiger partial charge in [-0.25, -0.2) is 0 Å². The Balaban J connectivity index is 1.29. The number of rotatable bonds is 4. The Kier molecular flexibility index (Phi) is 4.50. The van der Waals surface area contributed by atoms with Crippen LogP contribution in [0.5, 0.6) is 11.5 Å². The van der Waals surface area contributed by atoms with Gasteiger partial charge in [0.05, 0.1) is 22.2 Å². The molecule has 42 heavy (non-hydrogen) atoms. The van der Waals surface area contributed by atoms with E-state index in [1.807, 2.05) is 0 Å². The van der Waals surface area contributed by atoms with Gasteiger partial charge in [0.1, 0.15) is 0 Å². The minimum atomic E-state index is -0.985. The van der Waals surface area contributed by atoms with E-state index >= 15 is 0 Å². The largest absolute Gasteiger partial charge is 0.504 e. The van der Waals surface area contributed by atoms with Gasteiger partial charge in [-0.15, -0.1) is 0 Å². The SMILES string of the molecule is Oc1ccc2c3c1O[C@H]1c4c(c5ccc6ccccc6c5n4Cc4ccccc4)C[C@@]4(O)[C@@H](C2)N(CC2CC2)CC[C@]314. The lowest BCUT2D eigenvalue weighted by Gasteiger charge is -2.63. The third-order valence-corrected chi connectivity index (χ3v) is 11.5. The standard InChI is InChI=1S/C37H34N2O3/c40-29-15-13-25-18-30-37(41)19-28-27-14-12-24-8-4-5-9-26(24)32(27)39(21-22-6-2-1-3-7-22)33(28)35-36(37,31(25)34(29)42-35)16-17-38(30)20-23-10-11-23/h1-9,12-15,23,30,35,40-41H,10-11,16-21H2/t30-,35+,36+,37-/m1/s1. The highest BCUT2D eigenvalue weighted by molar-refractivity contribution is 6.08. The molecule has 3 heterocycles. The second-order valence-electron chi connectivity index (χ2n) is 13.5. The van der Waals surface area contributed by atoms with Gasteiger partial charge >= 0.3 is 0 Å². The lowest BCUT2D eigenvalue weighted by atomic mass is 9.49. The van der Waals surface area contributed by atoms with E-state index in [1.165, 1.54) is 56.9 Å². The first-order valence-electron chi connectivity index (χ1n) is 15.6. The maximum atomic E-state index is 13.3. The average molecular weight is 555 g/mol. The summed E-state index contributed by atoms with van der Waals surface area (Å²) < 4.78 is 9.49. The Hall–Kier alpha value is -3.80. The van der Waals surface area contributed by atoms with Crippen LogP contribution in [0.1, 0.15) is 53.3 Å². The molecule has 5 nitrogen and oxygen atoms in total. The van der Waals surface area contributed by atoms with Crippen LogP contribution in [0.15, 0.2) is 78.9 Å². The molecule has 10 rings (SSSR count). The molecule has 4 aromatic carbocycles. The molecular weight excluding hydrogens is 520 g/mol. The van der Waals surface area contributed by atoms with Gasteiger partial charge < -0.3 is 19.5 Å². The summed E-state index contributed by atoms with van der Waals surface area (Å²) in [6.07, 6.45) is 4.46. The van der Waals surface area contributed by atoms with Crippen molar-refractivity contribution >= 4 is 21.7 Å². The van der Waals surface area contributed by atoms with E-state index in [-0.39, 0.29) is 17.9 Å². The number of hydrogen-bond acceptors (Lipinski definition) is 4. The fraction of sp³-hybridized carbons (Fsp3) is 0.351. The zero-order valence-electron chi connectivity index (χ0n) is 23.6. The maximum absolute atomic E-state index is 13.3. The molecule has 1 spiro atoms. The van der Waals surface area contributed by atoms with Crippen molar-refractivity contribution in [2.45, 2.75) is 61.8 Å². The number of piperidine rings is 1. The van der Waals surface area contributed by atoms with Crippen LogP contribution in [0, 0.1) is 5.92 Å². The van der Waals surface area contributed by atoms with E-state index in [1.54, 1.807) is 6.07 Å². The van der Waals surface area contributed by atoms with Crippen molar-refractivity contribution in [1.29, 1.82) is 0 Å². The van der Waals surface area contributed by atoms with Gasteiger partial charge in [-0.2, -0.15) is 0 Å². The predicted molar refractivity (Wildman–Crippen MR) is 163 cm³/mol. The van der Waals surface area contributed by atoms with Crippen molar-refractivity contribution in [2.75, 3.05) is 13.1 Å². The van der Waals surface area contributed by atoms with Crippen LogP contribution >= 0.6 is 0 Å². The normalized spacial score (nSPS) is 29.0. The molecular formula is C37H34N2O3. The Morgan fingerprint density at radius 1 is 0.905 bits per heavy atom. The molecule has 2 aliphatic heterocycles. The third-order valence-electron chi connectivity index (χ3n) is 11.5. The van der Waals surface area contributed by atoms with E-state index in [0.29, 0.717) is 12.2 Å². The summed E-state index contributed by atoms with van der Waals surface area (Å²) in [5.74, 6) is 1.55. The van der Waals surface area contributed by atoms with Gasteiger partial charge in [0.15, 0.2) is 17.6 Å². The van der Waals surface area contributed by atoms with Gasteiger partial charge in [0, 0.05) is 41.9 Å². The second kappa shape index (κ2) is 7.97. The van der Waals surface area contributed by atoms with Crippen LogP contribution < -0.4 is 4.74 Å². The minimum absolute atomic E-state index is 0.0297. The molecule has 2 fully saturated rings. The number of phenolic OH excluding ortho intramolecular Hbond substituents is 1. The van der Waals surface area contributed by atoms with Crippen LogP contribution in [-0.4, -0.2) is 44.4 Å². The molecule has 5 heteroatoms. The van der Waals surface area contributed by atoms with Crippen molar-refractivity contribution in [1.82, 2.24) is 9.47 Å². The first-order chi connectivity index (χ1) is 20.6. The molecule has 4 atom stereocenters. The van der Waals surface area contributed by atoms with Gasteiger partial charge in [-0.05, 0) is 66.3 Å². The smallest absolute Gasteiger partial charge is 0.166 e. The number of aliphatic hydroxyl groups is 1. The van der Waals surface area contributed by atoms with Crippen molar-refractivity contribution in [3.63, 3.8) is 0 Å². The lowest BCUT2D eigenvalue weighted by molar-refractivity contribution is -0.173. The number of aromatic hydroxyl groups is 1. The summed E-state index contributed by atoms with van der Waals surface area (Å²) in [6.45, 7) is 2.75. The van der Waals surface area contributed by atoms with Gasteiger partial charge in [-0.1, -0.05) is 72.8 Å². The first-order valence-corrected chi connectivity index (χ1v) is 15.6. The highest BCUT2D eigenvalue weighted by Crippen LogP contribution is 2.69. The zero-order chi connectivity index (χ0) is 27.8. The number of fused-ring (bicyclic) bond motifs is 6. The number of aromatic nitrogens is 1. The van der Waals surface area contributed by atoms with Crippen molar-refractivity contribution < 1.29 is 14.9 Å². The lowest BCUT2D eigenvalue weighted by Crippen LogP contribution is -2.74. The van der Waals surface area contributed by atoms with Gasteiger partial charge in [-0.3, -0.25) is 4.90 Å². The summed E-state index contributed by atoms with van der Waals surface area (Å²) in [4.78, 5) is 2.61. The predicted octanol–water partition coefficient (Wildman–Crippen LogP) is 6.25. The van der Waals surface area contributed by atoms with E-state index in [4.69, 9.17) is 4.74 Å². The van der Waals surface area contributed by atoms with Crippen molar-refractivity contribution in [3.05, 3.63) is 107 Å². The minimum Gasteiger partial charge on any atom is -0.504 e. The summed E-state index contributed by atoms with van der Waals surface area (Å²) >= 11 is 0. The number of phenols is 1. The number of ether oxygens (including phenoxy) is 1. The molecule has 0 amide bonds. The Bertz CT molecular complexity index is 1940. The highest BCUT2D eigenvalue weighted by atomic mass is 16.5. The molecule has 1 saturated carbocycles. The van der Waals surface area contributed by atoms with E-state index in [2.05, 4.69) is 82.3 Å². The van der Waals surface area contributed by atoms with Crippen LogP contribution in [-0.2, 0) is 24.8 Å². The Labute approximate surface area is 245 Å². The second-order valence-corrected chi connectivity index (χ2v) is 13.5. The van der Waals surface area contributed by atoms with E-state index < -0.39 is 11.0 Å². The molecule has 3 aliphatic carbocycles. The number of hydrogen-bond donors (Lipinski definition) is 2. The molecule has 1 saturated heterocycles. The molecule has 0 unspecified atom stereocenters. The zero-order valence-corrected chi connectivity index (χ0v) is 23.6. The van der Waals surface area contributed by atoms with Crippen LogP contribution in [0.3, 0.4) is 0 Å². The summed E-state index contributed by atoms with van der Waals surface area (Å²) in [5, 5.41) is 28.1. The molecule has 2 N–H and O–H groups in total. The summed E-state index contributed by atoms with van der Waals surface area (Å²) in [5.41, 5.74) is 5.57. The molecule has 0 radical (unpaired) electrons. The van der Waals surface area contributed by atoms with E-state index in [0.717, 1.165) is 44.0 Å². The van der Waals surface area contributed by atoms with Crippen LogP contribution in [0.2, 0.25) is 0 Å². The topological polar surface area (TPSA) is 57.9 Å². The molecule has 5 aliphatic rings. The fourth-order valence-corrected chi connectivity index (χ4v) is 9.55. The summed E-state index contributed by atoms with van der Waals surface area (Å²) in [7, 11) is 0. The first kappa shape index (κ1) is 23.7. The molecule has 5 aromatic rings. The van der Waals surface area contributed by atoms with Gasteiger partial charge in [0.25, 0.3) is 0 Å². The molecule has 2 bridgehead atoms. The van der Waals surface area contributed by atoms with E-state index in [9.17, 15) is 10.2 Å². The third kappa shape index (κ3) is 2.82. The maximum Gasteiger partial charge on any atom is 0.166 e. The van der Waals surface area contributed by atoms with Crippen molar-refractivity contribution in [2.24, 2.45) is 5.92 Å². The Morgan fingerprint density at radius 2 is 1.74 bits per heavy atom. The Morgan fingerprint density at radius 3 is 2.60 bits per heavy atom. The quantitative estimate of drug-likeness (QED) is 0.276. The highest BCUT2D eigenvalue weighted by Gasteiger charge is 2.73. The fourth-order valence-electron chi connectivity index (χ4n) is 9.55. The molecule has 1 aromatic heterocycles. The molecule has 210 valence electrons. The number of benzene rings is 4. The average Bonchev–Trinajstić information content (AvgIpc) is 3.68. The number of likely N-dealkylation sites (tertiary alicyclic amines) is 1. The van der Waals surface area contributed by atoms with Crippen LogP contribution in [0.25, 0.3) is 21.7 Å². The van der Waals surface area contributed by atoms with Crippen molar-refractivity contribution in [3.8, 4) is 11.5 Å². The van der Waals surface area contributed by atoms with Crippen LogP contribution in [0.4, 0.5) is 0 Å². The monoisotopic (exact) mass is 554 g/mol. The summed E-state index contributed by atoms with van der Waals surface area (Å²) in [6, 6.07) is 27.8. The number of nitrogens with zero attached hydrogens (tertiary/aromatic N) is 2. The van der Waals surface area contributed by atoms with Gasteiger partial charge in [0.2, 0.25) is 0 Å².